The van der Waals surface area contributed by atoms with Gasteiger partial charge in [-0.1, -0.05) is 12.1 Å². The van der Waals surface area contributed by atoms with Gasteiger partial charge in [0.2, 0.25) is 5.91 Å². The van der Waals surface area contributed by atoms with E-state index in [1.807, 2.05) is 26.0 Å². The number of carbonyl (C=O) groups excluding carboxylic acids is 1. The van der Waals surface area contributed by atoms with Gasteiger partial charge in [-0.05, 0) is 31.5 Å². The van der Waals surface area contributed by atoms with Crippen molar-refractivity contribution in [3.63, 3.8) is 0 Å². The van der Waals surface area contributed by atoms with Crippen LogP contribution >= 0.6 is 35.3 Å². The van der Waals surface area contributed by atoms with Crippen LogP contribution in [0.5, 0.6) is 0 Å². The number of thiazole rings is 1. The van der Waals surface area contributed by atoms with Crippen LogP contribution in [0.3, 0.4) is 0 Å². The summed E-state index contributed by atoms with van der Waals surface area (Å²) in [4.78, 5) is 20.9. The molecular formula is C16H22IN5OS. The van der Waals surface area contributed by atoms with Gasteiger partial charge in [0, 0.05) is 24.0 Å². The molecule has 0 saturated carbocycles. The first kappa shape index (κ1) is 20.4. The summed E-state index contributed by atoms with van der Waals surface area (Å²) in [5.74, 6) is 0.298. The summed E-state index contributed by atoms with van der Waals surface area (Å²) in [6, 6.07) is 7.19. The maximum absolute atomic E-state index is 11.0. The minimum absolute atomic E-state index is 0. The van der Waals surface area contributed by atoms with Crippen molar-refractivity contribution in [2.24, 2.45) is 10.7 Å². The fourth-order valence-electron chi connectivity index (χ4n) is 2.09. The molecule has 8 heteroatoms. The molecule has 0 aliphatic rings. The fourth-order valence-corrected chi connectivity index (χ4v) is 2.97. The molecule has 0 fully saturated rings. The van der Waals surface area contributed by atoms with E-state index in [0.717, 1.165) is 22.2 Å². The van der Waals surface area contributed by atoms with Gasteiger partial charge in [0.25, 0.3) is 0 Å². The van der Waals surface area contributed by atoms with Gasteiger partial charge in [0.1, 0.15) is 0 Å². The number of halogens is 1. The van der Waals surface area contributed by atoms with Crippen LogP contribution in [0.4, 0.5) is 0 Å². The Kier molecular flexibility index (Phi) is 8.13. The van der Waals surface area contributed by atoms with Gasteiger partial charge in [-0.2, -0.15) is 0 Å². The predicted molar refractivity (Wildman–Crippen MR) is 109 cm³/mol. The highest BCUT2D eigenvalue weighted by atomic mass is 127. The van der Waals surface area contributed by atoms with Gasteiger partial charge >= 0.3 is 0 Å². The number of hydrogen-bond donors (Lipinski definition) is 3. The number of nitrogens with two attached hydrogens (primary N) is 1. The zero-order chi connectivity index (χ0) is 16.8. The molecule has 24 heavy (non-hydrogen) atoms. The summed E-state index contributed by atoms with van der Waals surface area (Å²) in [6.45, 7) is 5.32. The lowest BCUT2D eigenvalue weighted by Gasteiger charge is -2.11. The van der Waals surface area contributed by atoms with Crippen LogP contribution in [0.25, 0.3) is 0 Å². The number of guanidine groups is 1. The van der Waals surface area contributed by atoms with Gasteiger partial charge in [0.05, 0.1) is 17.2 Å². The SMILES string of the molecule is CN=C(NCc1ccc(C(N)=O)cc1)NCc1sc(C)nc1C.I. The Morgan fingerprint density at radius 1 is 1.21 bits per heavy atom. The first-order valence-electron chi connectivity index (χ1n) is 7.25. The monoisotopic (exact) mass is 459 g/mol. The quantitative estimate of drug-likeness (QED) is 0.364. The van der Waals surface area contributed by atoms with Crippen molar-refractivity contribution in [3.8, 4) is 0 Å². The summed E-state index contributed by atoms with van der Waals surface area (Å²) in [5, 5.41) is 7.58. The first-order chi connectivity index (χ1) is 11.0. The molecule has 0 bridgehead atoms. The van der Waals surface area contributed by atoms with Gasteiger partial charge in [-0.15, -0.1) is 35.3 Å². The number of aryl methyl sites for hydroxylation is 2. The smallest absolute Gasteiger partial charge is 0.248 e. The van der Waals surface area contributed by atoms with Crippen molar-refractivity contribution in [1.82, 2.24) is 15.6 Å². The number of hydrogen-bond acceptors (Lipinski definition) is 4. The molecule has 0 aliphatic heterocycles. The highest BCUT2D eigenvalue weighted by molar-refractivity contribution is 14.0. The summed E-state index contributed by atoms with van der Waals surface area (Å²) in [6.07, 6.45) is 0. The molecule has 6 nitrogen and oxygen atoms in total. The van der Waals surface area contributed by atoms with Crippen LogP contribution in [0.15, 0.2) is 29.3 Å². The third-order valence-electron chi connectivity index (χ3n) is 3.34. The molecule has 0 saturated heterocycles. The molecule has 1 aromatic carbocycles. The molecule has 0 unspecified atom stereocenters. The highest BCUT2D eigenvalue weighted by Gasteiger charge is 2.06. The minimum Gasteiger partial charge on any atom is -0.366 e. The average molecular weight is 459 g/mol. The second-order valence-electron chi connectivity index (χ2n) is 5.08. The summed E-state index contributed by atoms with van der Waals surface area (Å²) < 4.78 is 0. The number of amides is 1. The number of aromatic nitrogens is 1. The number of primary amides is 1. The Labute approximate surface area is 163 Å². The molecule has 1 aromatic heterocycles. The van der Waals surface area contributed by atoms with E-state index in [9.17, 15) is 4.79 Å². The standard InChI is InChI=1S/C16H21N5OS.HI/c1-10-14(23-11(2)21-10)9-20-16(18-3)19-8-12-4-6-13(7-5-12)15(17)22;/h4-7H,8-9H2,1-3H3,(H2,17,22)(H2,18,19,20);1H. The van der Waals surface area contributed by atoms with Gasteiger partial charge in [-0.25, -0.2) is 4.98 Å². The first-order valence-corrected chi connectivity index (χ1v) is 8.07. The van der Waals surface area contributed by atoms with E-state index < -0.39 is 5.91 Å². The van der Waals surface area contributed by atoms with Crippen molar-refractivity contribution in [2.45, 2.75) is 26.9 Å². The molecule has 130 valence electrons. The van der Waals surface area contributed by atoms with E-state index in [1.54, 1.807) is 30.5 Å². The molecule has 1 amide bonds. The van der Waals surface area contributed by atoms with Gasteiger partial charge in [-0.3, -0.25) is 9.79 Å². The van der Waals surface area contributed by atoms with Crippen LogP contribution in [0.1, 0.15) is 31.5 Å². The van der Waals surface area contributed by atoms with Crippen molar-refractivity contribution in [2.75, 3.05) is 7.05 Å². The van der Waals surface area contributed by atoms with Crippen LogP contribution in [-0.2, 0) is 13.1 Å². The van der Waals surface area contributed by atoms with Crippen LogP contribution in [-0.4, -0.2) is 23.9 Å². The average Bonchev–Trinajstić information content (AvgIpc) is 2.85. The van der Waals surface area contributed by atoms with Crippen molar-refractivity contribution < 1.29 is 4.79 Å². The summed E-state index contributed by atoms with van der Waals surface area (Å²) in [5.41, 5.74) is 7.83. The van der Waals surface area contributed by atoms with E-state index in [-0.39, 0.29) is 24.0 Å². The molecule has 1 heterocycles. The van der Waals surface area contributed by atoms with Crippen molar-refractivity contribution in [3.05, 3.63) is 51.0 Å². The van der Waals surface area contributed by atoms with E-state index in [1.165, 1.54) is 4.88 Å². The molecular weight excluding hydrogens is 437 g/mol. The Morgan fingerprint density at radius 2 is 1.83 bits per heavy atom. The Morgan fingerprint density at radius 3 is 2.33 bits per heavy atom. The number of rotatable bonds is 5. The van der Waals surface area contributed by atoms with Crippen LogP contribution < -0.4 is 16.4 Å². The highest BCUT2D eigenvalue weighted by Crippen LogP contribution is 2.16. The molecule has 4 N–H and O–H groups in total. The zero-order valence-corrected chi connectivity index (χ0v) is 17.1. The zero-order valence-electron chi connectivity index (χ0n) is 13.9. The lowest BCUT2D eigenvalue weighted by molar-refractivity contribution is 0.100. The van der Waals surface area contributed by atoms with E-state index >= 15 is 0 Å². The lowest BCUT2D eigenvalue weighted by atomic mass is 10.1. The lowest BCUT2D eigenvalue weighted by Crippen LogP contribution is -2.36. The van der Waals surface area contributed by atoms with Crippen molar-refractivity contribution in [1.29, 1.82) is 0 Å². The largest absolute Gasteiger partial charge is 0.366 e. The molecule has 0 atom stereocenters. The summed E-state index contributed by atoms with van der Waals surface area (Å²) in [7, 11) is 1.73. The number of benzene rings is 1. The van der Waals surface area contributed by atoms with E-state index in [0.29, 0.717) is 18.7 Å². The molecule has 2 aromatic rings. The topological polar surface area (TPSA) is 92.4 Å². The molecule has 0 radical (unpaired) electrons. The fraction of sp³-hybridized carbons (Fsp3) is 0.312. The summed E-state index contributed by atoms with van der Waals surface area (Å²) >= 11 is 1.69. The van der Waals surface area contributed by atoms with E-state index in [2.05, 4.69) is 20.6 Å². The van der Waals surface area contributed by atoms with Crippen molar-refractivity contribution >= 4 is 47.2 Å². The number of carbonyl (C=O) groups is 1. The predicted octanol–water partition coefficient (Wildman–Crippen LogP) is 2.34. The second-order valence-corrected chi connectivity index (χ2v) is 6.37. The Balaban J connectivity index is 0.00000288. The minimum atomic E-state index is -0.419. The second kappa shape index (κ2) is 9.58. The molecule has 0 aliphatic carbocycles. The molecule has 2 rings (SSSR count). The normalized spacial score (nSPS) is 10.9. The Hall–Kier alpha value is -1.68. The van der Waals surface area contributed by atoms with Crippen LogP contribution in [0.2, 0.25) is 0 Å². The Bertz CT molecular complexity index is 712. The van der Waals surface area contributed by atoms with E-state index in [4.69, 9.17) is 5.73 Å². The van der Waals surface area contributed by atoms with Gasteiger partial charge in [0.15, 0.2) is 5.96 Å². The maximum Gasteiger partial charge on any atom is 0.248 e. The molecule has 0 spiro atoms. The third kappa shape index (κ3) is 5.75. The number of nitrogens with zero attached hydrogens (tertiary/aromatic N) is 2. The number of aliphatic imine (C=N–C) groups is 1. The maximum atomic E-state index is 11.0. The third-order valence-corrected chi connectivity index (χ3v) is 4.41. The number of nitrogens with one attached hydrogen (secondary N) is 2. The van der Waals surface area contributed by atoms with Crippen LogP contribution in [0, 0.1) is 13.8 Å². The van der Waals surface area contributed by atoms with Gasteiger partial charge < -0.3 is 16.4 Å².